The third-order valence-corrected chi connectivity index (χ3v) is 5.52. The normalized spacial score (nSPS) is 15.4. The lowest BCUT2D eigenvalue weighted by molar-refractivity contribution is 0.490. The maximum absolute atomic E-state index is 5.83. The number of nitrogens with two attached hydrogens (primary N) is 1. The molecule has 1 aromatic carbocycles. The number of rotatable bonds is 4. The van der Waals surface area contributed by atoms with Gasteiger partial charge < -0.3 is 15.6 Å². The van der Waals surface area contributed by atoms with Crippen LogP contribution in [0, 0.1) is 13.8 Å². The molecule has 2 aromatic heterocycles. The Hall–Kier alpha value is -2.76. The molecular formula is C21H28N6. The molecular weight excluding hydrogens is 336 g/mol. The fourth-order valence-corrected chi connectivity index (χ4v) is 4.09. The van der Waals surface area contributed by atoms with E-state index in [1.807, 2.05) is 0 Å². The molecule has 0 aliphatic carbocycles. The zero-order valence-corrected chi connectivity index (χ0v) is 16.4. The van der Waals surface area contributed by atoms with E-state index in [1.165, 1.54) is 11.4 Å². The topological polar surface area (TPSA) is 75.8 Å². The Balaban J connectivity index is 1.56. The molecule has 1 aliphatic rings. The van der Waals surface area contributed by atoms with Crippen LogP contribution < -0.4 is 10.6 Å². The average molecular weight is 364 g/mol. The summed E-state index contributed by atoms with van der Waals surface area (Å²) >= 11 is 0. The SMILES string of the molecule is CCc1cccc(-n2nc(C)cc2N2CCC(c3nc(N)[nH]c3C)CC2)c1. The van der Waals surface area contributed by atoms with Gasteiger partial charge in [-0.15, -0.1) is 0 Å². The van der Waals surface area contributed by atoms with Crippen molar-refractivity contribution in [3.63, 3.8) is 0 Å². The molecule has 3 N–H and O–H groups in total. The van der Waals surface area contributed by atoms with Crippen molar-refractivity contribution in [1.82, 2.24) is 19.7 Å². The summed E-state index contributed by atoms with van der Waals surface area (Å²) in [6, 6.07) is 10.8. The predicted molar refractivity (Wildman–Crippen MR) is 110 cm³/mol. The number of nitrogens with zero attached hydrogens (tertiary/aromatic N) is 4. The maximum atomic E-state index is 5.83. The number of aryl methyl sites for hydroxylation is 3. The smallest absolute Gasteiger partial charge is 0.197 e. The highest BCUT2D eigenvalue weighted by molar-refractivity contribution is 5.50. The first-order valence-corrected chi connectivity index (χ1v) is 9.78. The maximum Gasteiger partial charge on any atom is 0.197 e. The number of nitrogens with one attached hydrogen (secondary N) is 1. The van der Waals surface area contributed by atoms with E-state index >= 15 is 0 Å². The molecule has 0 unspecified atom stereocenters. The molecule has 0 atom stereocenters. The number of imidazole rings is 1. The molecule has 4 rings (SSSR count). The number of hydrogen-bond donors (Lipinski definition) is 2. The van der Waals surface area contributed by atoms with Crippen LogP contribution >= 0.6 is 0 Å². The highest BCUT2D eigenvalue weighted by Gasteiger charge is 2.26. The van der Waals surface area contributed by atoms with Crippen LogP contribution in [0.2, 0.25) is 0 Å². The van der Waals surface area contributed by atoms with Crippen LogP contribution in [0.5, 0.6) is 0 Å². The third kappa shape index (κ3) is 3.44. The van der Waals surface area contributed by atoms with E-state index < -0.39 is 0 Å². The van der Waals surface area contributed by atoms with Gasteiger partial charge in [-0.2, -0.15) is 5.10 Å². The second-order valence-corrected chi connectivity index (χ2v) is 7.47. The molecule has 0 bridgehead atoms. The fourth-order valence-electron chi connectivity index (χ4n) is 4.09. The summed E-state index contributed by atoms with van der Waals surface area (Å²) in [5.74, 6) is 2.17. The minimum Gasteiger partial charge on any atom is -0.369 e. The summed E-state index contributed by atoms with van der Waals surface area (Å²) in [6.45, 7) is 8.30. The van der Waals surface area contributed by atoms with Gasteiger partial charge in [0.05, 0.1) is 17.1 Å². The molecule has 0 saturated carbocycles. The molecule has 0 radical (unpaired) electrons. The first-order chi connectivity index (χ1) is 13.0. The monoisotopic (exact) mass is 364 g/mol. The summed E-state index contributed by atoms with van der Waals surface area (Å²) in [7, 11) is 0. The average Bonchev–Trinajstić information content (AvgIpc) is 3.23. The minimum atomic E-state index is 0.468. The van der Waals surface area contributed by atoms with E-state index in [0.29, 0.717) is 11.9 Å². The zero-order chi connectivity index (χ0) is 19.0. The number of nitrogen functional groups attached to an aromatic ring is 1. The van der Waals surface area contributed by atoms with Gasteiger partial charge in [0, 0.05) is 30.8 Å². The van der Waals surface area contributed by atoms with Crippen LogP contribution in [0.25, 0.3) is 5.69 Å². The van der Waals surface area contributed by atoms with E-state index in [9.17, 15) is 0 Å². The van der Waals surface area contributed by atoms with Gasteiger partial charge in [-0.05, 0) is 50.8 Å². The van der Waals surface area contributed by atoms with Gasteiger partial charge in [0.25, 0.3) is 0 Å². The number of benzene rings is 1. The second kappa shape index (κ2) is 7.10. The molecule has 6 heteroatoms. The zero-order valence-electron chi connectivity index (χ0n) is 16.4. The number of aromatic amines is 1. The van der Waals surface area contributed by atoms with Gasteiger partial charge >= 0.3 is 0 Å². The summed E-state index contributed by atoms with van der Waals surface area (Å²) in [5, 5.41) is 4.77. The van der Waals surface area contributed by atoms with Gasteiger partial charge in [0.15, 0.2) is 5.95 Å². The molecule has 142 valence electrons. The summed E-state index contributed by atoms with van der Waals surface area (Å²) < 4.78 is 2.09. The Morgan fingerprint density at radius 1 is 1.19 bits per heavy atom. The minimum absolute atomic E-state index is 0.468. The lowest BCUT2D eigenvalue weighted by Gasteiger charge is -2.33. The van der Waals surface area contributed by atoms with Crippen molar-refractivity contribution in [2.45, 2.75) is 46.0 Å². The number of H-pyrrole nitrogens is 1. The largest absolute Gasteiger partial charge is 0.369 e. The number of anilines is 2. The predicted octanol–water partition coefficient (Wildman–Crippen LogP) is 3.74. The Kier molecular flexibility index (Phi) is 4.64. The van der Waals surface area contributed by atoms with E-state index in [0.717, 1.165) is 55.1 Å². The standard InChI is InChI=1S/C21H28N6/c1-4-16-6-5-7-18(13-16)27-19(12-14(2)25-27)26-10-8-17(9-11-26)20-15(3)23-21(22)24-20/h5-7,12-13,17H,4,8-11H2,1-3H3,(H3,22,23,24). The summed E-state index contributed by atoms with van der Waals surface area (Å²) in [5.41, 5.74) is 11.6. The number of piperidine rings is 1. The van der Waals surface area contributed by atoms with Gasteiger partial charge in [-0.1, -0.05) is 19.1 Å². The van der Waals surface area contributed by atoms with Crippen LogP contribution in [0.1, 0.15) is 48.3 Å². The van der Waals surface area contributed by atoms with Crippen molar-refractivity contribution in [3.8, 4) is 5.69 Å². The van der Waals surface area contributed by atoms with Crippen molar-refractivity contribution in [2.24, 2.45) is 0 Å². The fraction of sp³-hybridized carbons (Fsp3) is 0.429. The highest BCUT2D eigenvalue weighted by atomic mass is 15.4. The Morgan fingerprint density at radius 3 is 2.63 bits per heavy atom. The molecule has 1 aliphatic heterocycles. The van der Waals surface area contributed by atoms with Crippen molar-refractivity contribution < 1.29 is 0 Å². The van der Waals surface area contributed by atoms with Crippen LogP contribution in [0.4, 0.5) is 11.8 Å². The Morgan fingerprint density at radius 2 is 1.96 bits per heavy atom. The number of aromatic nitrogens is 4. The molecule has 6 nitrogen and oxygen atoms in total. The van der Waals surface area contributed by atoms with Gasteiger partial charge in [0.1, 0.15) is 5.82 Å². The van der Waals surface area contributed by atoms with Gasteiger partial charge in [-0.25, -0.2) is 9.67 Å². The van der Waals surface area contributed by atoms with E-state index in [-0.39, 0.29) is 0 Å². The van der Waals surface area contributed by atoms with Crippen LogP contribution in [0.3, 0.4) is 0 Å². The first-order valence-electron chi connectivity index (χ1n) is 9.78. The molecule has 0 amide bonds. The first kappa shape index (κ1) is 17.6. The molecule has 3 heterocycles. The van der Waals surface area contributed by atoms with Crippen LogP contribution in [-0.2, 0) is 6.42 Å². The highest BCUT2D eigenvalue weighted by Crippen LogP contribution is 2.32. The van der Waals surface area contributed by atoms with Crippen molar-refractivity contribution in [3.05, 3.63) is 53.0 Å². The van der Waals surface area contributed by atoms with E-state index in [4.69, 9.17) is 10.8 Å². The molecule has 3 aromatic rings. The Bertz CT molecular complexity index is 930. The second-order valence-electron chi connectivity index (χ2n) is 7.47. The van der Waals surface area contributed by atoms with E-state index in [2.05, 4.69) is 70.7 Å². The van der Waals surface area contributed by atoms with Crippen LogP contribution in [0.15, 0.2) is 30.3 Å². The summed E-state index contributed by atoms with van der Waals surface area (Å²) in [6.07, 6.45) is 3.18. The molecule has 27 heavy (non-hydrogen) atoms. The molecule has 1 saturated heterocycles. The van der Waals surface area contributed by atoms with Gasteiger partial charge in [0.2, 0.25) is 0 Å². The molecule has 0 spiro atoms. The third-order valence-electron chi connectivity index (χ3n) is 5.52. The van der Waals surface area contributed by atoms with Crippen LogP contribution in [-0.4, -0.2) is 32.8 Å². The van der Waals surface area contributed by atoms with Gasteiger partial charge in [-0.3, -0.25) is 0 Å². The molecule has 1 fully saturated rings. The lowest BCUT2D eigenvalue weighted by Crippen LogP contribution is -2.34. The van der Waals surface area contributed by atoms with E-state index in [1.54, 1.807) is 0 Å². The lowest BCUT2D eigenvalue weighted by atomic mass is 9.92. The Labute approximate surface area is 160 Å². The van der Waals surface area contributed by atoms with Crippen molar-refractivity contribution in [2.75, 3.05) is 23.7 Å². The summed E-state index contributed by atoms with van der Waals surface area (Å²) in [4.78, 5) is 10.1. The quantitative estimate of drug-likeness (QED) is 0.739. The number of hydrogen-bond acceptors (Lipinski definition) is 4. The van der Waals surface area contributed by atoms with Crippen molar-refractivity contribution in [1.29, 1.82) is 0 Å². The van der Waals surface area contributed by atoms with Crippen molar-refractivity contribution >= 4 is 11.8 Å².